The third kappa shape index (κ3) is 12.6. The number of aliphatic hydroxyl groups is 3. The Morgan fingerprint density at radius 2 is 1.08 bits per heavy atom. The van der Waals surface area contributed by atoms with Crippen LogP contribution in [0.1, 0.15) is 63.4 Å². The number of nitrogens with one attached hydrogen (secondary N) is 4. The summed E-state index contributed by atoms with van der Waals surface area (Å²) in [4.78, 5) is 110. The van der Waals surface area contributed by atoms with Crippen LogP contribution >= 0.6 is 0 Å². The summed E-state index contributed by atoms with van der Waals surface area (Å²) >= 11 is 0. The molecular weight excluding hydrogens is 802 g/mol. The maximum Gasteiger partial charge on any atom is 0.326 e. The van der Waals surface area contributed by atoms with Gasteiger partial charge >= 0.3 is 5.97 Å². The van der Waals surface area contributed by atoms with E-state index in [-0.39, 0.29) is 64.0 Å². The molecule has 3 aliphatic heterocycles. The number of rotatable bonds is 21. The van der Waals surface area contributed by atoms with Crippen molar-refractivity contribution in [3.8, 4) is 5.75 Å². The summed E-state index contributed by atoms with van der Waals surface area (Å²) in [5.41, 5.74) is 12.0. The monoisotopic (exact) mass is 861 g/mol. The van der Waals surface area contributed by atoms with Gasteiger partial charge in [-0.2, -0.15) is 0 Å². The van der Waals surface area contributed by atoms with Crippen molar-refractivity contribution < 1.29 is 63.9 Å². The van der Waals surface area contributed by atoms with Gasteiger partial charge in [0.05, 0.1) is 19.8 Å². The highest BCUT2D eigenvalue weighted by Crippen LogP contribution is 2.22. The Morgan fingerprint density at radius 3 is 1.59 bits per heavy atom. The van der Waals surface area contributed by atoms with E-state index in [1.54, 1.807) is 0 Å². The number of hydrogen-bond donors (Lipinski definition) is 11. The zero-order chi connectivity index (χ0) is 44.8. The van der Waals surface area contributed by atoms with Gasteiger partial charge < -0.3 is 73.0 Å². The maximum absolute atomic E-state index is 14.0. The van der Waals surface area contributed by atoms with Gasteiger partial charge in [0.25, 0.3) is 0 Å². The van der Waals surface area contributed by atoms with Crippen LogP contribution in [0.25, 0.3) is 0 Å². The zero-order valence-corrected chi connectivity index (χ0v) is 33.9. The van der Waals surface area contributed by atoms with Crippen molar-refractivity contribution in [2.75, 3.05) is 46.0 Å². The Morgan fingerprint density at radius 1 is 0.623 bits per heavy atom. The van der Waals surface area contributed by atoms with Crippen molar-refractivity contribution in [3.05, 3.63) is 29.8 Å². The van der Waals surface area contributed by atoms with Crippen LogP contribution in [0.15, 0.2) is 24.3 Å². The largest absolute Gasteiger partial charge is 0.508 e. The van der Waals surface area contributed by atoms with Crippen molar-refractivity contribution in [2.45, 2.75) is 113 Å². The van der Waals surface area contributed by atoms with Gasteiger partial charge in [-0.25, -0.2) is 4.79 Å². The van der Waals surface area contributed by atoms with E-state index in [1.165, 1.54) is 29.2 Å². The molecule has 0 spiro atoms. The normalized spacial score (nSPS) is 21.2. The maximum atomic E-state index is 14.0. The molecule has 0 bridgehead atoms. The van der Waals surface area contributed by atoms with Crippen molar-refractivity contribution in [3.63, 3.8) is 0 Å². The molecule has 0 saturated carbocycles. The van der Waals surface area contributed by atoms with E-state index >= 15 is 0 Å². The number of aromatic hydroxyl groups is 1. The summed E-state index contributed by atoms with van der Waals surface area (Å²) in [6.07, 6.45) is 2.56. The molecule has 1 aromatic carbocycles. The van der Waals surface area contributed by atoms with Gasteiger partial charge in [0.1, 0.15) is 54.1 Å². The van der Waals surface area contributed by atoms with Crippen molar-refractivity contribution >= 4 is 47.3 Å². The number of aliphatic carboxylic acids is 1. The molecule has 3 fully saturated rings. The van der Waals surface area contributed by atoms with E-state index in [2.05, 4.69) is 21.3 Å². The first-order chi connectivity index (χ1) is 29.1. The van der Waals surface area contributed by atoms with Crippen molar-refractivity contribution in [2.24, 2.45) is 11.5 Å². The van der Waals surface area contributed by atoms with Crippen molar-refractivity contribution in [1.29, 1.82) is 0 Å². The minimum Gasteiger partial charge on any atom is -0.508 e. The first-order valence-electron chi connectivity index (χ1n) is 20.6. The van der Waals surface area contributed by atoms with Crippen molar-refractivity contribution in [1.82, 2.24) is 36.0 Å². The smallest absolute Gasteiger partial charge is 0.326 e. The number of carbonyl (C=O) groups excluding carboxylic acids is 7. The summed E-state index contributed by atoms with van der Waals surface area (Å²) < 4.78 is 0. The van der Waals surface area contributed by atoms with Crippen LogP contribution in [0.3, 0.4) is 0 Å². The average molecular weight is 862 g/mol. The molecule has 0 radical (unpaired) electrons. The second-order valence-corrected chi connectivity index (χ2v) is 15.5. The minimum atomic E-state index is -1.59. The lowest BCUT2D eigenvalue weighted by molar-refractivity contribution is -0.150. The number of likely N-dealkylation sites (tertiary alicyclic amines) is 3. The number of benzene rings is 1. The summed E-state index contributed by atoms with van der Waals surface area (Å²) in [5, 5.41) is 59.2. The molecule has 22 nitrogen and oxygen atoms in total. The van der Waals surface area contributed by atoms with Gasteiger partial charge in [-0.1, -0.05) is 12.1 Å². The Balaban J connectivity index is 1.48. The van der Waals surface area contributed by atoms with E-state index in [0.717, 1.165) is 9.80 Å². The summed E-state index contributed by atoms with van der Waals surface area (Å²) in [6, 6.07) is -4.38. The molecule has 61 heavy (non-hydrogen) atoms. The first-order valence-corrected chi connectivity index (χ1v) is 20.6. The molecule has 13 N–H and O–H groups in total. The van der Waals surface area contributed by atoms with Gasteiger partial charge in [-0.05, 0) is 82.0 Å². The van der Waals surface area contributed by atoms with Gasteiger partial charge in [-0.3, -0.25) is 33.6 Å². The standard InChI is InChI=1S/C39H59N9O13/c40-14-2-1-6-25(42-33(54)26(18-22-10-12-23(52)13-11-22)43-34(55)29-7-3-15-46(29)36(57)24(41)19-49)32(53)44-27(20-50)37(58)47-16-4-8-30(47)35(56)45-28(21-51)38(59)48-17-5-9-31(48)39(60)61/h10-13,24-31,49-52H,1-9,14-21,40-41H2,(H,42,54)(H,43,55)(H,44,53)(H,45,56)(H,60,61)/t24-,25-,26-,27-,28-,29-,30-,31-/m0/s1. The van der Waals surface area contributed by atoms with Gasteiger partial charge in [-0.15, -0.1) is 0 Å². The van der Waals surface area contributed by atoms with Gasteiger partial charge in [0.15, 0.2) is 0 Å². The van der Waals surface area contributed by atoms with Crippen LogP contribution in [-0.4, -0.2) is 182 Å². The molecule has 338 valence electrons. The summed E-state index contributed by atoms with van der Waals surface area (Å²) in [7, 11) is 0. The second-order valence-electron chi connectivity index (χ2n) is 15.5. The number of aliphatic hydroxyl groups excluding tert-OH is 3. The molecule has 22 heteroatoms. The molecule has 0 aliphatic carbocycles. The molecule has 1 aromatic rings. The van der Waals surface area contributed by atoms with Crippen LogP contribution in [0.5, 0.6) is 5.75 Å². The third-order valence-electron chi connectivity index (χ3n) is 11.2. The summed E-state index contributed by atoms with van der Waals surface area (Å²) in [5.74, 6) is -6.69. The predicted octanol–water partition coefficient (Wildman–Crippen LogP) is -4.64. The van der Waals surface area contributed by atoms with Gasteiger partial charge in [0.2, 0.25) is 41.4 Å². The number of nitrogens with zero attached hydrogens (tertiary/aromatic N) is 3. The minimum absolute atomic E-state index is 0.0238. The predicted molar refractivity (Wildman–Crippen MR) is 214 cm³/mol. The van der Waals surface area contributed by atoms with E-state index in [9.17, 15) is 63.9 Å². The quantitative estimate of drug-likeness (QED) is 0.0518. The second kappa shape index (κ2) is 23.0. The molecule has 0 unspecified atom stereocenters. The lowest BCUT2D eigenvalue weighted by atomic mass is 10.0. The van der Waals surface area contributed by atoms with Crippen LogP contribution < -0.4 is 32.7 Å². The fraction of sp³-hybridized carbons (Fsp3) is 0.641. The Kier molecular flexibility index (Phi) is 18.2. The molecule has 3 heterocycles. The molecular formula is C39H59N9O13. The van der Waals surface area contributed by atoms with E-state index in [4.69, 9.17) is 11.5 Å². The fourth-order valence-electron chi connectivity index (χ4n) is 7.87. The molecule has 3 aliphatic rings. The lowest BCUT2D eigenvalue weighted by Crippen LogP contribution is -2.61. The van der Waals surface area contributed by atoms with Crippen LogP contribution in [0.4, 0.5) is 0 Å². The van der Waals surface area contributed by atoms with Crippen LogP contribution in [0, 0.1) is 0 Å². The molecule has 0 aromatic heterocycles. The Hall–Kier alpha value is -5.42. The van der Waals surface area contributed by atoms with Gasteiger partial charge in [0, 0.05) is 26.1 Å². The number of nitrogens with two attached hydrogens (primary N) is 2. The van der Waals surface area contributed by atoms with Crippen LogP contribution in [0.2, 0.25) is 0 Å². The molecule has 3 saturated heterocycles. The fourth-order valence-corrected chi connectivity index (χ4v) is 7.87. The highest BCUT2D eigenvalue weighted by molar-refractivity contribution is 5.98. The molecule has 8 atom stereocenters. The van der Waals surface area contributed by atoms with Crippen LogP contribution in [-0.2, 0) is 44.8 Å². The topological polar surface area (TPSA) is 348 Å². The number of carboxylic acid groups (broad SMARTS) is 1. The highest BCUT2D eigenvalue weighted by Gasteiger charge is 2.42. The van der Waals surface area contributed by atoms with E-state index < -0.39 is 115 Å². The number of amides is 7. The summed E-state index contributed by atoms with van der Waals surface area (Å²) in [6.45, 7) is -1.75. The van der Waals surface area contributed by atoms with E-state index in [1.807, 2.05) is 0 Å². The number of carbonyl (C=O) groups is 8. The van der Waals surface area contributed by atoms with E-state index in [0.29, 0.717) is 37.7 Å². The number of phenolic OH excluding ortho intramolecular Hbond substituents is 1. The molecule has 7 amide bonds. The average Bonchev–Trinajstić information content (AvgIpc) is 4.06. The number of phenols is 1. The number of carboxylic acids is 1. The molecule has 4 rings (SSSR count). The Bertz CT molecular complexity index is 1730. The zero-order valence-electron chi connectivity index (χ0n) is 33.9. The Labute approximate surface area is 352 Å². The third-order valence-corrected chi connectivity index (χ3v) is 11.2. The SMILES string of the molecule is NCCCC[C@H](NC(=O)[C@H](Cc1ccc(O)cc1)NC(=O)[C@@H]1CCCN1C(=O)[C@@H](N)CO)C(=O)N[C@@H](CO)C(=O)N1CCC[C@H]1C(=O)N[C@@H](CO)C(=O)N1CCC[C@H]1C(=O)O. The lowest BCUT2D eigenvalue weighted by Gasteiger charge is -2.31. The number of hydrogen-bond acceptors (Lipinski definition) is 14. The number of unbranched alkanes of at least 4 members (excludes halogenated alkanes) is 1. The first kappa shape index (κ1) is 48.2. The highest BCUT2D eigenvalue weighted by atomic mass is 16.4.